The lowest BCUT2D eigenvalue weighted by Crippen LogP contribution is -2.01. The summed E-state index contributed by atoms with van der Waals surface area (Å²) in [4.78, 5) is 15.7. The third-order valence-corrected chi connectivity index (χ3v) is 18.0. The van der Waals surface area contributed by atoms with Gasteiger partial charge in [0.2, 0.25) is 0 Å². The standard InChI is InChI=1S/C87H57N5/c1-7-30-58(31-8-1)62-54-63(59-32-9-2-10-33-59)56-64(55-62)67-42-19-20-43-68(67)69-44-21-23-46-71(69)75-51-29-52-77-81-83-79(74-49-27-28-53-80(74)91(83)65-38-15-5-16-39-65)57-78(84(81)92(82(75)77)66-40-17-6-18-41-66)73-48-24-22-45-70(73)72-47-25-26-50-76(72)87-89-85(60-34-11-3-12-35-60)88-86(90-87)61-36-13-4-14-37-61/h1-57H. The van der Waals surface area contributed by atoms with Crippen molar-refractivity contribution >= 4 is 43.6 Å². The van der Waals surface area contributed by atoms with Gasteiger partial charge in [0, 0.05) is 60.7 Å². The van der Waals surface area contributed by atoms with Gasteiger partial charge in [-0.05, 0) is 121 Å². The molecule has 0 aliphatic heterocycles. The third-order valence-electron chi connectivity index (χ3n) is 18.0. The molecular weight excluding hydrogens is 1110 g/mol. The van der Waals surface area contributed by atoms with E-state index in [0.717, 1.165) is 122 Å². The predicted octanol–water partition coefficient (Wildman–Crippen LogP) is 22.7. The van der Waals surface area contributed by atoms with Crippen LogP contribution in [0.25, 0.3) is 167 Å². The number of hydrogen-bond donors (Lipinski definition) is 0. The van der Waals surface area contributed by atoms with Crippen LogP contribution in [0.5, 0.6) is 0 Å². The van der Waals surface area contributed by atoms with Gasteiger partial charge in [-0.1, -0.05) is 291 Å². The van der Waals surface area contributed by atoms with Crippen LogP contribution < -0.4 is 0 Å². The summed E-state index contributed by atoms with van der Waals surface area (Å²) in [5.74, 6) is 1.82. The molecule has 3 heterocycles. The quantitative estimate of drug-likeness (QED) is 0.122. The Morgan fingerprint density at radius 2 is 0.543 bits per heavy atom. The highest BCUT2D eigenvalue weighted by atomic mass is 15.0. The fourth-order valence-corrected chi connectivity index (χ4v) is 13.9. The van der Waals surface area contributed by atoms with E-state index in [0.29, 0.717) is 17.5 Å². The average Bonchev–Trinajstić information content (AvgIpc) is 1.53. The molecule has 0 spiro atoms. The van der Waals surface area contributed by atoms with Gasteiger partial charge in [0.05, 0.1) is 22.1 Å². The minimum absolute atomic E-state index is 0.596. The van der Waals surface area contributed by atoms with Crippen LogP contribution in [0.4, 0.5) is 0 Å². The van der Waals surface area contributed by atoms with Crippen molar-refractivity contribution in [3.8, 4) is 123 Å². The van der Waals surface area contributed by atoms with E-state index in [1.807, 2.05) is 36.4 Å². The zero-order chi connectivity index (χ0) is 60.9. The van der Waals surface area contributed by atoms with Crippen molar-refractivity contribution in [3.05, 3.63) is 346 Å². The lowest BCUT2D eigenvalue weighted by atomic mass is 9.87. The van der Waals surface area contributed by atoms with Gasteiger partial charge in [0.25, 0.3) is 0 Å². The van der Waals surface area contributed by atoms with Gasteiger partial charge in [-0.3, -0.25) is 0 Å². The summed E-state index contributed by atoms with van der Waals surface area (Å²) in [6, 6.07) is 125. The molecule has 0 saturated heterocycles. The molecule has 17 aromatic rings. The van der Waals surface area contributed by atoms with Crippen LogP contribution >= 0.6 is 0 Å². The zero-order valence-corrected chi connectivity index (χ0v) is 50.1. The molecule has 0 radical (unpaired) electrons. The highest BCUT2D eigenvalue weighted by Gasteiger charge is 2.29. The number of para-hydroxylation sites is 4. The second-order valence-corrected chi connectivity index (χ2v) is 23.4. The van der Waals surface area contributed by atoms with Gasteiger partial charge in [-0.15, -0.1) is 0 Å². The van der Waals surface area contributed by atoms with Crippen LogP contribution in [0.2, 0.25) is 0 Å². The minimum atomic E-state index is 0.596. The molecule has 0 amide bonds. The van der Waals surface area contributed by atoms with Crippen molar-refractivity contribution in [2.75, 3.05) is 0 Å². The Hall–Kier alpha value is -12.3. The molecule has 430 valence electrons. The largest absolute Gasteiger partial charge is 0.309 e. The fourth-order valence-electron chi connectivity index (χ4n) is 13.9. The number of benzene rings is 14. The molecule has 5 heteroatoms. The summed E-state index contributed by atoms with van der Waals surface area (Å²) in [6.45, 7) is 0. The first-order valence-electron chi connectivity index (χ1n) is 31.3. The van der Waals surface area contributed by atoms with E-state index < -0.39 is 0 Å². The van der Waals surface area contributed by atoms with Gasteiger partial charge in [0.15, 0.2) is 17.5 Å². The van der Waals surface area contributed by atoms with Crippen molar-refractivity contribution in [3.63, 3.8) is 0 Å². The Labute approximate surface area is 533 Å². The monoisotopic (exact) mass is 1170 g/mol. The lowest BCUT2D eigenvalue weighted by Gasteiger charge is -2.19. The summed E-state index contributed by atoms with van der Waals surface area (Å²) in [5.41, 5.74) is 25.1. The number of nitrogens with zero attached hydrogens (tertiary/aromatic N) is 5. The molecule has 0 N–H and O–H groups in total. The highest BCUT2D eigenvalue weighted by Crippen LogP contribution is 2.51. The lowest BCUT2D eigenvalue weighted by molar-refractivity contribution is 1.07. The van der Waals surface area contributed by atoms with Gasteiger partial charge < -0.3 is 9.13 Å². The molecular formula is C87H57N5. The molecule has 17 rings (SSSR count). The van der Waals surface area contributed by atoms with Crippen LogP contribution in [-0.4, -0.2) is 24.1 Å². The minimum Gasteiger partial charge on any atom is -0.309 e. The van der Waals surface area contributed by atoms with Crippen molar-refractivity contribution in [2.24, 2.45) is 0 Å². The van der Waals surface area contributed by atoms with Crippen LogP contribution in [0.15, 0.2) is 346 Å². The van der Waals surface area contributed by atoms with Crippen LogP contribution in [0.3, 0.4) is 0 Å². The number of rotatable bonds is 12. The molecule has 0 atom stereocenters. The molecule has 92 heavy (non-hydrogen) atoms. The molecule has 14 aromatic carbocycles. The van der Waals surface area contributed by atoms with Crippen molar-refractivity contribution in [1.82, 2.24) is 24.1 Å². The van der Waals surface area contributed by atoms with Crippen LogP contribution in [-0.2, 0) is 0 Å². The first-order valence-corrected chi connectivity index (χ1v) is 31.3. The molecule has 0 bridgehead atoms. The molecule has 3 aromatic heterocycles. The smallest absolute Gasteiger partial charge is 0.164 e. The maximum absolute atomic E-state index is 5.32. The summed E-state index contributed by atoms with van der Waals surface area (Å²) in [6.07, 6.45) is 0. The first-order chi connectivity index (χ1) is 45.7. The second kappa shape index (κ2) is 23.0. The van der Waals surface area contributed by atoms with E-state index in [9.17, 15) is 0 Å². The number of fused-ring (bicyclic) bond motifs is 7. The topological polar surface area (TPSA) is 48.5 Å². The van der Waals surface area contributed by atoms with Crippen LogP contribution in [0.1, 0.15) is 0 Å². The summed E-state index contributed by atoms with van der Waals surface area (Å²) in [7, 11) is 0. The highest BCUT2D eigenvalue weighted by molar-refractivity contribution is 6.31. The molecule has 0 fully saturated rings. The maximum atomic E-state index is 5.32. The third kappa shape index (κ3) is 9.38. The number of aromatic nitrogens is 5. The van der Waals surface area contributed by atoms with E-state index in [2.05, 4.69) is 319 Å². The second-order valence-electron chi connectivity index (χ2n) is 23.4. The van der Waals surface area contributed by atoms with Crippen molar-refractivity contribution < 1.29 is 0 Å². The number of hydrogen-bond acceptors (Lipinski definition) is 3. The van der Waals surface area contributed by atoms with E-state index in [4.69, 9.17) is 15.0 Å². The summed E-state index contributed by atoms with van der Waals surface area (Å²) >= 11 is 0. The Kier molecular flexibility index (Phi) is 13.5. The van der Waals surface area contributed by atoms with Crippen LogP contribution in [0, 0.1) is 0 Å². The Morgan fingerprint density at radius 3 is 1.08 bits per heavy atom. The Balaban J connectivity index is 0.958. The van der Waals surface area contributed by atoms with Crippen molar-refractivity contribution in [2.45, 2.75) is 0 Å². The molecule has 5 nitrogen and oxygen atoms in total. The first kappa shape index (κ1) is 53.9. The summed E-state index contributed by atoms with van der Waals surface area (Å²) in [5, 5.41) is 4.63. The molecule has 0 aliphatic rings. The average molecular weight is 1170 g/mol. The van der Waals surface area contributed by atoms with Gasteiger partial charge in [-0.25, -0.2) is 15.0 Å². The molecule has 0 unspecified atom stereocenters. The van der Waals surface area contributed by atoms with Crippen molar-refractivity contribution in [1.29, 1.82) is 0 Å². The predicted molar refractivity (Wildman–Crippen MR) is 383 cm³/mol. The maximum Gasteiger partial charge on any atom is 0.164 e. The molecule has 0 saturated carbocycles. The SMILES string of the molecule is c1ccc(-c2cc(-c3ccccc3)cc(-c3ccccc3-c3ccccc3-c3cccc4c5c(c(-c6ccccc6-c6ccccc6-c6nc(-c7ccccc7)nc(-c7ccccc7)n6)cc6c7ccccc7n(-c7ccccc7)c65)n(-c5ccccc5)c34)c2)cc1. The summed E-state index contributed by atoms with van der Waals surface area (Å²) < 4.78 is 5.05. The van der Waals surface area contributed by atoms with Gasteiger partial charge >= 0.3 is 0 Å². The normalized spacial score (nSPS) is 11.5. The van der Waals surface area contributed by atoms with E-state index in [1.165, 1.54) is 27.6 Å². The van der Waals surface area contributed by atoms with E-state index in [-0.39, 0.29) is 0 Å². The molecule has 0 aliphatic carbocycles. The fraction of sp³-hybridized carbons (Fsp3) is 0. The van der Waals surface area contributed by atoms with Gasteiger partial charge in [-0.2, -0.15) is 0 Å². The zero-order valence-electron chi connectivity index (χ0n) is 50.1. The Morgan fingerprint density at radius 1 is 0.185 bits per heavy atom. The van der Waals surface area contributed by atoms with Gasteiger partial charge in [0.1, 0.15) is 0 Å². The van der Waals surface area contributed by atoms with E-state index >= 15 is 0 Å². The van der Waals surface area contributed by atoms with E-state index in [1.54, 1.807) is 0 Å². The Bertz CT molecular complexity index is 5490.